The number of nitrogens with one attached hydrogen (secondary N) is 1. The van der Waals surface area contributed by atoms with Crippen LogP contribution in [0.15, 0.2) is 12.2 Å². The number of carbonyl (C=O) groups is 1. The largest absolute Gasteiger partial charge is 0.356 e. The Balaban J connectivity index is 2.38. The summed E-state index contributed by atoms with van der Waals surface area (Å²) in [6.45, 7) is 8.66. The Morgan fingerprint density at radius 1 is 1.41 bits per heavy atom. The third kappa shape index (κ3) is 5.38. The molecule has 0 saturated heterocycles. The number of rotatable bonds is 7. The molecular weight excluding hydrogens is 210 g/mol. The minimum atomic E-state index is 0.146. The molecule has 0 aromatic rings. The highest BCUT2D eigenvalue weighted by Crippen LogP contribution is 2.30. The minimum Gasteiger partial charge on any atom is -0.356 e. The second-order valence-corrected chi connectivity index (χ2v) is 5.48. The van der Waals surface area contributed by atoms with Crippen LogP contribution >= 0.6 is 0 Å². The van der Waals surface area contributed by atoms with E-state index in [9.17, 15) is 4.79 Å². The standard InChI is InChI=1S/C15H27NO/c1-4-16-15(17)14(11-12(2)3)10-9-13-7-5-6-8-13/h13-14H,2,4-11H2,1,3H3,(H,16,17). The van der Waals surface area contributed by atoms with Crippen molar-refractivity contribution in [2.45, 2.75) is 58.8 Å². The van der Waals surface area contributed by atoms with E-state index in [0.29, 0.717) is 0 Å². The summed E-state index contributed by atoms with van der Waals surface area (Å²) in [4.78, 5) is 11.9. The molecule has 17 heavy (non-hydrogen) atoms. The Bertz CT molecular complexity index is 254. The first-order valence-electron chi connectivity index (χ1n) is 7.05. The first kappa shape index (κ1) is 14.3. The lowest BCUT2D eigenvalue weighted by atomic mass is 9.90. The van der Waals surface area contributed by atoms with Crippen molar-refractivity contribution in [3.8, 4) is 0 Å². The molecule has 0 aromatic heterocycles. The maximum Gasteiger partial charge on any atom is 0.223 e. The molecule has 2 nitrogen and oxygen atoms in total. The van der Waals surface area contributed by atoms with Crippen LogP contribution in [-0.4, -0.2) is 12.5 Å². The maximum atomic E-state index is 11.9. The van der Waals surface area contributed by atoms with E-state index in [4.69, 9.17) is 0 Å². The highest BCUT2D eigenvalue weighted by Gasteiger charge is 2.21. The summed E-state index contributed by atoms with van der Waals surface area (Å²) < 4.78 is 0. The van der Waals surface area contributed by atoms with E-state index in [2.05, 4.69) is 11.9 Å². The number of amides is 1. The quantitative estimate of drug-likeness (QED) is 0.672. The molecule has 0 spiro atoms. The van der Waals surface area contributed by atoms with Gasteiger partial charge in [-0.3, -0.25) is 4.79 Å². The van der Waals surface area contributed by atoms with Crippen LogP contribution in [0.4, 0.5) is 0 Å². The Labute approximate surface area is 106 Å². The SMILES string of the molecule is C=C(C)CC(CCC1CCCC1)C(=O)NCC. The van der Waals surface area contributed by atoms with Crippen LogP contribution < -0.4 is 5.32 Å². The zero-order valence-electron chi connectivity index (χ0n) is 11.4. The van der Waals surface area contributed by atoms with Gasteiger partial charge < -0.3 is 5.32 Å². The molecule has 0 aliphatic heterocycles. The van der Waals surface area contributed by atoms with Gasteiger partial charge in [0.1, 0.15) is 0 Å². The summed E-state index contributed by atoms with van der Waals surface area (Å²) in [5.74, 6) is 1.23. The molecule has 0 bridgehead atoms. The lowest BCUT2D eigenvalue weighted by Gasteiger charge is -2.18. The molecule has 2 heteroatoms. The van der Waals surface area contributed by atoms with Crippen LogP contribution in [0.3, 0.4) is 0 Å². The van der Waals surface area contributed by atoms with Crippen LogP contribution in [0.25, 0.3) is 0 Å². The second kappa shape index (κ2) is 7.52. The lowest BCUT2D eigenvalue weighted by molar-refractivity contribution is -0.125. The van der Waals surface area contributed by atoms with Crippen LogP contribution in [-0.2, 0) is 4.79 Å². The summed E-state index contributed by atoms with van der Waals surface area (Å²) >= 11 is 0. The highest BCUT2D eigenvalue weighted by molar-refractivity contribution is 5.78. The summed E-state index contributed by atoms with van der Waals surface area (Å²) in [5, 5.41) is 2.95. The summed E-state index contributed by atoms with van der Waals surface area (Å²) in [7, 11) is 0. The third-order valence-corrected chi connectivity index (χ3v) is 3.71. The van der Waals surface area contributed by atoms with Crippen molar-refractivity contribution in [1.82, 2.24) is 5.32 Å². The van der Waals surface area contributed by atoms with Gasteiger partial charge in [-0.25, -0.2) is 0 Å². The summed E-state index contributed by atoms with van der Waals surface area (Å²) in [5.41, 5.74) is 1.12. The first-order valence-corrected chi connectivity index (χ1v) is 7.05. The zero-order chi connectivity index (χ0) is 12.7. The summed E-state index contributed by atoms with van der Waals surface area (Å²) in [6, 6.07) is 0. The summed E-state index contributed by atoms with van der Waals surface area (Å²) in [6.07, 6.45) is 8.61. The van der Waals surface area contributed by atoms with Crippen LogP contribution in [0, 0.1) is 11.8 Å². The number of carbonyl (C=O) groups excluding carboxylic acids is 1. The normalized spacial score (nSPS) is 18.0. The van der Waals surface area contributed by atoms with Gasteiger partial charge in [0, 0.05) is 12.5 Å². The molecule has 1 fully saturated rings. The van der Waals surface area contributed by atoms with Crippen molar-refractivity contribution in [3.05, 3.63) is 12.2 Å². The maximum absolute atomic E-state index is 11.9. The molecule has 0 aromatic carbocycles. The van der Waals surface area contributed by atoms with Crippen molar-refractivity contribution < 1.29 is 4.79 Å². The third-order valence-electron chi connectivity index (χ3n) is 3.71. The van der Waals surface area contributed by atoms with Gasteiger partial charge in [-0.2, -0.15) is 0 Å². The Kier molecular flexibility index (Phi) is 6.31. The van der Waals surface area contributed by atoms with Crippen LogP contribution in [0.1, 0.15) is 58.8 Å². The van der Waals surface area contributed by atoms with E-state index in [1.54, 1.807) is 0 Å². The van der Waals surface area contributed by atoms with E-state index in [1.807, 2.05) is 13.8 Å². The van der Waals surface area contributed by atoms with E-state index >= 15 is 0 Å². The van der Waals surface area contributed by atoms with Crippen molar-refractivity contribution >= 4 is 5.91 Å². The topological polar surface area (TPSA) is 29.1 Å². The second-order valence-electron chi connectivity index (χ2n) is 5.48. The molecule has 1 aliphatic rings. The van der Waals surface area contributed by atoms with Crippen molar-refractivity contribution in [3.63, 3.8) is 0 Å². The monoisotopic (exact) mass is 237 g/mol. The van der Waals surface area contributed by atoms with Gasteiger partial charge in [-0.05, 0) is 39.0 Å². The fourth-order valence-electron chi connectivity index (χ4n) is 2.80. The van der Waals surface area contributed by atoms with E-state index in [-0.39, 0.29) is 11.8 Å². The molecule has 1 rings (SSSR count). The molecule has 1 saturated carbocycles. The predicted octanol–water partition coefficient (Wildman–Crippen LogP) is 3.68. The average molecular weight is 237 g/mol. The molecule has 1 atom stereocenters. The van der Waals surface area contributed by atoms with Gasteiger partial charge >= 0.3 is 0 Å². The zero-order valence-corrected chi connectivity index (χ0v) is 11.4. The van der Waals surface area contributed by atoms with Crippen molar-refractivity contribution in [2.24, 2.45) is 11.8 Å². The molecule has 0 radical (unpaired) electrons. The highest BCUT2D eigenvalue weighted by atomic mass is 16.1. The van der Waals surface area contributed by atoms with Crippen molar-refractivity contribution in [2.75, 3.05) is 6.54 Å². The Hall–Kier alpha value is -0.790. The molecule has 0 heterocycles. The van der Waals surface area contributed by atoms with Gasteiger partial charge in [-0.1, -0.05) is 31.3 Å². The van der Waals surface area contributed by atoms with Gasteiger partial charge in [0.15, 0.2) is 0 Å². The molecule has 1 amide bonds. The van der Waals surface area contributed by atoms with Gasteiger partial charge in [0.05, 0.1) is 0 Å². The first-order chi connectivity index (χ1) is 8.13. The number of hydrogen-bond acceptors (Lipinski definition) is 1. The smallest absolute Gasteiger partial charge is 0.223 e. The Morgan fingerprint density at radius 3 is 2.59 bits per heavy atom. The van der Waals surface area contributed by atoms with Crippen LogP contribution in [0.5, 0.6) is 0 Å². The van der Waals surface area contributed by atoms with E-state index in [0.717, 1.165) is 30.9 Å². The molecule has 1 N–H and O–H groups in total. The van der Waals surface area contributed by atoms with Gasteiger partial charge in [-0.15, -0.1) is 6.58 Å². The minimum absolute atomic E-state index is 0.146. The molecule has 98 valence electrons. The fraction of sp³-hybridized carbons (Fsp3) is 0.800. The van der Waals surface area contributed by atoms with Gasteiger partial charge in [0.25, 0.3) is 0 Å². The van der Waals surface area contributed by atoms with E-state index < -0.39 is 0 Å². The van der Waals surface area contributed by atoms with Gasteiger partial charge in [0.2, 0.25) is 5.91 Å². The number of allylic oxidation sites excluding steroid dienone is 1. The lowest BCUT2D eigenvalue weighted by Crippen LogP contribution is -2.30. The van der Waals surface area contributed by atoms with E-state index in [1.165, 1.54) is 32.1 Å². The Morgan fingerprint density at radius 2 is 2.06 bits per heavy atom. The molecule has 1 aliphatic carbocycles. The predicted molar refractivity (Wildman–Crippen MR) is 72.8 cm³/mol. The fourth-order valence-corrected chi connectivity index (χ4v) is 2.80. The average Bonchev–Trinajstić information content (AvgIpc) is 2.76. The van der Waals surface area contributed by atoms with Crippen molar-refractivity contribution in [1.29, 1.82) is 0 Å². The molecular formula is C15H27NO. The van der Waals surface area contributed by atoms with Crippen LogP contribution in [0.2, 0.25) is 0 Å². The molecule has 1 unspecified atom stereocenters. The number of hydrogen-bond donors (Lipinski definition) is 1.